The van der Waals surface area contributed by atoms with Crippen molar-refractivity contribution in [3.63, 3.8) is 0 Å². The summed E-state index contributed by atoms with van der Waals surface area (Å²) in [6.07, 6.45) is 3.49. The van der Waals surface area contributed by atoms with E-state index in [0.29, 0.717) is 10.4 Å². The summed E-state index contributed by atoms with van der Waals surface area (Å²) in [6.45, 7) is 2.10. The molecule has 2 nitrogen and oxygen atoms in total. The molecular formula is C11H11ClO2. The maximum absolute atomic E-state index is 9.40. The van der Waals surface area contributed by atoms with E-state index in [-0.39, 0.29) is 5.95 Å². The van der Waals surface area contributed by atoms with Gasteiger partial charge in [-0.25, -0.2) is 0 Å². The number of hydrogen-bond acceptors (Lipinski definition) is 2. The van der Waals surface area contributed by atoms with Gasteiger partial charge in [-0.05, 0) is 24.1 Å². The number of rotatable bonds is 2. The molecule has 74 valence electrons. The van der Waals surface area contributed by atoms with E-state index in [2.05, 4.69) is 6.92 Å². The lowest BCUT2D eigenvalue weighted by Gasteiger charge is -2.00. The molecule has 1 N–H and O–H groups in total. The molecule has 1 heterocycles. The van der Waals surface area contributed by atoms with Gasteiger partial charge in [0.25, 0.3) is 5.95 Å². The highest BCUT2D eigenvalue weighted by Crippen LogP contribution is 2.33. The van der Waals surface area contributed by atoms with Crippen LogP contribution in [0.15, 0.2) is 22.8 Å². The van der Waals surface area contributed by atoms with Crippen LogP contribution in [0.25, 0.3) is 10.8 Å². The molecule has 3 heteroatoms. The van der Waals surface area contributed by atoms with Crippen molar-refractivity contribution in [3.8, 4) is 5.95 Å². The Balaban J connectivity index is 2.63. The molecule has 0 amide bonds. The molecule has 14 heavy (non-hydrogen) atoms. The van der Waals surface area contributed by atoms with Crippen LogP contribution in [0.3, 0.4) is 0 Å². The Labute approximate surface area is 87.1 Å². The molecular weight excluding hydrogens is 200 g/mol. The van der Waals surface area contributed by atoms with Crippen molar-refractivity contribution in [1.82, 2.24) is 0 Å². The van der Waals surface area contributed by atoms with Crippen molar-refractivity contribution < 1.29 is 9.52 Å². The van der Waals surface area contributed by atoms with Crippen LogP contribution in [0.1, 0.15) is 18.9 Å². The second-order valence-corrected chi connectivity index (χ2v) is 3.74. The zero-order chi connectivity index (χ0) is 10.1. The van der Waals surface area contributed by atoms with E-state index in [1.165, 1.54) is 6.26 Å². The topological polar surface area (TPSA) is 33.4 Å². The highest BCUT2D eigenvalue weighted by Gasteiger charge is 2.09. The Morgan fingerprint density at radius 2 is 2.14 bits per heavy atom. The average molecular weight is 211 g/mol. The summed E-state index contributed by atoms with van der Waals surface area (Å²) in [5.74, 6) is -0.0557. The van der Waals surface area contributed by atoms with Gasteiger partial charge in [0.1, 0.15) is 6.26 Å². The number of halogens is 1. The van der Waals surface area contributed by atoms with Crippen LogP contribution in [-0.2, 0) is 6.42 Å². The monoisotopic (exact) mass is 210 g/mol. The van der Waals surface area contributed by atoms with Gasteiger partial charge in [-0.3, -0.25) is 0 Å². The van der Waals surface area contributed by atoms with Gasteiger partial charge in [0.05, 0.1) is 10.4 Å². The third kappa shape index (κ3) is 1.46. The van der Waals surface area contributed by atoms with Gasteiger partial charge in [0, 0.05) is 5.39 Å². The molecule has 1 aromatic carbocycles. The summed E-state index contributed by atoms with van der Waals surface area (Å²) in [4.78, 5) is 0. The number of aryl methyl sites for hydroxylation is 1. The SMILES string of the molecule is CCCc1cc(Cl)c2coc(O)c2c1. The minimum atomic E-state index is -0.0557. The van der Waals surface area contributed by atoms with Gasteiger partial charge in [-0.1, -0.05) is 24.9 Å². The normalized spacial score (nSPS) is 11.0. The molecule has 0 fully saturated rings. The van der Waals surface area contributed by atoms with E-state index < -0.39 is 0 Å². The second kappa shape index (κ2) is 3.54. The third-order valence-corrected chi connectivity index (χ3v) is 2.56. The minimum Gasteiger partial charge on any atom is -0.480 e. The van der Waals surface area contributed by atoms with Crippen molar-refractivity contribution in [1.29, 1.82) is 0 Å². The van der Waals surface area contributed by atoms with Crippen LogP contribution in [0.4, 0.5) is 0 Å². The summed E-state index contributed by atoms with van der Waals surface area (Å²) in [6, 6.07) is 3.84. The van der Waals surface area contributed by atoms with E-state index in [9.17, 15) is 5.11 Å². The van der Waals surface area contributed by atoms with Crippen LogP contribution >= 0.6 is 11.6 Å². The highest BCUT2D eigenvalue weighted by atomic mass is 35.5. The number of hydrogen-bond donors (Lipinski definition) is 1. The van der Waals surface area contributed by atoms with E-state index in [4.69, 9.17) is 16.0 Å². The molecule has 2 rings (SSSR count). The summed E-state index contributed by atoms with van der Waals surface area (Å²) in [7, 11) is 0. The zero-order valence-corrected chi connectivity index (χ0v) is 8.64. The largest absolute Gasteiger partial charge is 0.480 e. The fraction of sp³-hybridized carbons (Fsp3) is 0.273. The molecule has 0 aliphatic carbocycles. The lowest BCUT2D eigenvalue weighted by atomic mass is 10.1. The fourth-order valence-corrected chi connectivity index (χ4v) is 1.87. The maximum Gasteiger partial charge on any atom is 0.289 e. The van der Waals surface area contributed by atoms with Gasteiger partial charge >= 0.3 is 0 Å². The Morgan fingerprint density at radius 1 is 1.36 bits per heavy atom. The van der Waals surface area contributed by atoms with Crippen LogP contribution in [0.2, 0.25) is 5.02 Å². The molecule has 0 aliphatic heterocycles. The quantitative estimate of drug-likeness (QED) is 0.819. The lowest BCUT2D eigenvalue weighted by Crippen LogP contribution is -1.82. The van der Waals surface area contributed by atoms with Gasteiger partial charge in [-0.2, -0.15) is 0 Å². The zero-order valence-electron chi connectivity index (χ0n) is 7.88. The van der Waals surface area contributed by atoms with Crippen molar-refractivity contribution in [2.45, 2.75) is 19.8 Å². The first kappa shape index (κ1) is 9.41. The number of benzene rings is 1. The highest BCUT2D eigenvalue weighted by molar-refractivity contribution is 6.35. The van der Waals surface area contributed by atoms with E-state index in [1.807, 2.05) is 12.1 Å². The van der Waals surface area contributed by atoms with Crippen molar-refractivity contribution in [2.75, 3.05) is 0 Å². The fourth-order valence-electron chi connectivity index (χ4n) is 1.58. The number of aromatic hydroxyl groups is 1. The predicted octanol–water partition coefficient (Wildman–Crippen LogP) is 3.74. The Morgan fingerprint density at radius 3 is 2.86 bits per heavy atom. The average Bonchev–Trinajstić information content (AvgIpc) is 2.49. The molecule has 0 saturated carbocycles. The van der Waals surface area contributed by atoms with Crippen LogP contribution in [0.5, 0.6) is 5.95 Å². The number of fused-ring (bicyclic) bond motifs is 1. The maximum atomic E-state index is 9.40. The molecule has 0 saturated heterocycles. The Kier molecular flexibility index (Phi) is 2.38. The summed E-state index contributed by atoms with van der Waals surface area (Å²) < 4.78 is 4.90. The Hall–Kier alpha value is -1.15. The number of furan rings is 1. The van der Waals surface area contributed by atoms with Crippen LogP contribution < -0.4 is 0 Å². The summed E-state index contributed by atoms with van der Waals surface area (Å²) >= 11 is 6.04. The lowest BCUT2D eigenvalue weighted by molar-refractivity contribution is 0.338. The van der Waals surface area contributed by atoms with E-state index in [1.54, 1.807) is 0 Å². The van der Waals surface area contributed by atoms with Gasteiger partial charge < -0.3 is 9.52 Å². The smallest absolute Gasteiger partial charge is 0.289 e. The first-order valence-electron chi connectivity index (χ1n) is 4.61. The molecule has 0 atom stereocenters. The molecule has 1 aromatic heterocycles. The molecule has 2 aromatic rings. The molecule has 0 unspecified atom stereocenters. The van der Waals surface area contributed by atoms with E-state index >= 15 is 0 Å². The first-order chi connectivity index (χ1) is 6.72. The van der Waals surface area contributed by atoms with Gasteiger partial charge in [-0.15, -0.1) is 0 Å². The predicted molar refractivity (Wildman–Crippen MR) is 56.9 cm³/mol. The molecule has 0 radical (unpaired) electrons. The van der Waals surface area contributed by atoms with Crippen molar-refractivity contribution in [2.24, 2.45) is 0 Å². The van der Waals surface area contributed by atoms with Gasteiger partial charge in [0.15, 0.2) is 0 Å². The van der Waals surface area contributed by atoms with Crippen molar-refractivity contribution in [3.05, 3.63) is 29.0 Å². The van der Waals surface area contributed by atoms with Crippen LogP contribution in [0, 0.1) is 0 Å². The van der Waals surface area contributed by atoms with Crippen molar-refractivity contribution >= 4 is 22.4 Å². The van der Waals surface area contributed by atoms with E-state index in [0.717, 1.165) is 23.8 Å². The third-order valence-electron chi connectivity index (χ3n) is 2.25. The first-order valence-corrected chi connectivity index (χ1v) is 4.98. The standard InChI is InChI=1S/C11H11ClO2/c1-2-3-7-4-8-9(10(12)5-7)6-14-11(8)13/h4-6,13H,2-3H2,1H3. The summed E-state index contributed by atoms with van der Waals surface area (Å²) in [5, 5.41) is 11.5. The second-order valence-electron chi connectivity index (χ2n) is 3.33. The summed E-state index contributed by atoms with van der Waals surface area (Å²) in [5.41, 5.74) is 1.13. The Bertz CT molecular complexity index is 460. The molecule has 0 bridgehead atoms. The van der Waals surface area contributed by atoms with Gasteiger partial charge in [0.2, 0.25) is 0 Å². The van der Waals surface area contributed by atoms with Crippen LogP contribution in [-0.4, -0.2) is 5.11 Å². The molecule has 0 spiro atoms. The minimum absolute atomic E-state index is 0.0557. The molecule has 0 aliphatic rings.